The Kier molecular flexibility index (Phi) is 1.99. The maximum absolute atomic E-state index is 4.16. The highest BCUT2D eigenvalue weighted by atomic mass is 14.9. The molecule has 2 aliphatic rings. The Morgan fingerprint density at radius 1 is 1.27 bits per heavy atom. The number of rotatable bonds is 0. The normalized spacial score (nSPS) is 38.4. The van der Waals surface area contributed by atoms with E-state index in [9.17, 15) is 0 Å². The van der Waals surface area contributed by atoms with Crippen LogP contribution in [-0.2, 0) is 0 Å². The molecule has 1 nitrogen and oxygen atoms in total. The molecule has 0 aromatic rings. The maximum Gasteiger partial charge on any atom is 0.0132 e. The largest absolute Gasteiger partial charge is 0.313 e. The second kappa shape index (κ2) is 2.98. The topological polar surface area (TPSA) is 12.0 Å². The summed E-state index contributed by atoms with van der Waals surface area (Å²) >= 11 is 0. The molecule has 1 aliphatic heterocycles. The highest BCUT2D eigenvalue weighted by molar-refractivity contribution is 5.09. The fourth-order valence-electron chi connectivity index (χ4n) is 2.48. The Balaban J connectivity index is 2.05. The summed E-state index contributed by atoms with van der Waals surface area (Å²) in [6, 6.07) is 0.782. The van der Waals surface area contributed by atoms with Crippen molar-refractivity contribution in [3.63, 3.8) is 0 Å². The number of piperidine rings is 1. The third-order valence-corrected chi connectivity index (χ3v) is 3.12. The fourth-order valence-corrected chi connectivity index (χ4v) is 2.48. The number of hydrogen-bond acceptors (Lipinski definition) is 1. The van der Waals surface area contributed by atoms with Gasteiger partial charge in [0.25, 0.3) is 0 Å². The summed E-state index contributed by atoms with van der Waals surface area (Å²) in [6.07, 6.45) is 6.75. The van der Waals surface area contributed by atoms with Crippen molar-refractivity contribution in [2.75, 3.05) is 6.54 Å². The van der Waals surface area contributed by atoms with Gasteiger partial charge in [-0.15, -0.1) is 0 Å². The highest BCUT2D eigenvalue weighted by Crippen LogP contribution is 2.33. The van der Waals surface area contributed by atoms with Gasteiger partial charge >= 0.3 is 0 Å². The summed E-state index contributed by atoms with van der Waals surface area (Å²) in [5, 5.41) is 3.59. The summed E-state index contributed by atoms with van der Waals surface area (Å²) in [7, 11) is 0. The molecule has 1 heteroatoms. The van der Waals surface area contributed by atoms with E-state index < -0.39 is 0 Å². The smallest absolute Gasteiger partial charge is 0.0132 e. The zero-order valence-corrected chi connectivity index (χ0v) is 7.10. The molecule has 2 fully saturated rings. The molecule has 2 unspecified atom stereocenters. The Labute approximate surface area is 68.9 Å². The SMILES string of the molecule is C=C1CCCC2NCCCC12. The molecule has 0 amide bonds. The molecule has 1 aliphatic carbocycles. The van der Waals surface area contributed by atoms with Crippen molar-refractivity contribution in [2.24, 2.45) is 5.92 Å². The molecule has 0 bridgehead atoms. The van der Waals surface area contributed by atoms with E-state index in [1.807, 2.05) is 0 Å². The molecule has 1 N–H and O–H groups in total. The van der Waals surface area contributed by atoms with E-state index in [2.05, 4.69) is 11.9 Å². The lowest BCUT2D eigenvalue weighted by Gasteiger charge is -2.37. The Bertz CT molecular complexity index is 160. The van der Waals surface area contributed by atoms with Crippen molar-refractivity contribution in [2.45, 2.75) is 38.1 Å². The standard InChI is InChI=1S/C10H17N/c1-8-4-2-6-10-9(8)5-3-7-11-10/h9-11H,1-7H2. The van der Waals surface area contributed by atoms with Crippen molar-refractivity contribution in [1.82, 2.24) is 5.32 Å². The molecule has 11 heavy (non-hydrogen) atoms. The molecule has 0 aromatic carbocycles. The summed E-state index contributed by atoms with van der Waals surface area (Å²) in [6.45, 7) is 5.39. The van der Waals surface area contributed by atoms with E-state index in [0.717, 1.165) is 12.0 Å². The van der Waals surface area contributed by atoms with Crippen LogP contribution in [0, 0.1) is 5.92 Å². The van der Waals surface area contributed by atoms with E-state index in [4.69, 9.17) is 0 Å². The predicted octanol–water partition coefficient (Wildman–Crippen LogP) is 2.09. The molecule has 2 atom stereocenters. The molecule has 1 saturated carbocycles. The lowest BCUT2D eigenvalue weighted by molar-refractivity contribution is 0.267. The molecule has 1 saturated heterocycles. The van der Waals surface area contributed by atoms with Crippen LogP contribution in [0.3, 0.4) is 0 Å². The minimum atomic E-state index is 0.782. The minimum absolute atomic E-state index is 0.782. The van der Waals surface area contributed by atoms with E-state index in [1.54, 1.807) is 0 Å². The molecule has 1 heterocycles. The quantitative estimate of drug-likeness (QED) is 0.523. The van der Waals surface area contributed by atoms with E-state index in [1.165, 1.54) is 44.2 Å². The first-order chi connectivity index (χ1) is 5.38. The Morgan fingerprint density at radius 2 is 2.18 bits per heavy atom. The van der Waals surface area contributed by atoms with Crippen LogP contribution >= 0.6 is 0 Å². The number of nitrogens with one attached hydrogen (secondary N) is 1. The summed E-state index contributed by atoms with van der Waals surface area (Å²) in [5.74, 6) is 0.817. The summed E-state index contributed by atoms with van der Waals surface area (Å²) in [5.41, 5.74) is 1.51. The zero-order valence-electron chi connectivity index (χ0n) is 7.10. The van der Waals surface area contributed by atoms with Gasteiger partial charge in [0.2, 0.25) is 0 Å². The Morgan fingerprint density at radius 3 is 3.00 bits per heavy atom. The van der Waals surface area contributed by atoms with Crippen LogP contribution in [0.4, 0.5) is 0 Å². The van der Waals surface area contributed by atoms with Crippen molar-refractivity contribution in [3.05, 3.63) is 12.2 Å². The molecule has 62 valence electrons. The highest BCUT2D eigenvalue weighted by Gasteiger charge is 2.29. The van der Waals surface area contributed by atoms with Gasteiger partial charge in [-0.25, -0.2) is 0 Å². The number of hydrogen-bond donors (Lipinski definition) is 1. The maximum atomic E-state index is 4.16. The second-order valence-corrected chi connectivity index (χ2v) is 3.86. The molecule has 2 rings (SSSR count). The third-order valence-electron chi connectivity index (χ3n) is 3.12. The molecular formula is C10H17N. The molecule has 0 aromatic heterocycles. The first-order valence-corrected chi connectivity index (χ1v) is 4.79. The molecule has 0 spiro atoms. The van der Waals surface area contributed by atoms with Gasteiger partial charge in [-0.05, 0) is 44.6 Å². The van der Waals surface area contributed by atoms with Crippen LogP contribution in [0.5, 0.6) is 0 Å². The van der Waals surface area contributed by atoms with Crippen LogP contribution in [0.1, 0.15) is 32.1 Å². The van der Waals surface area contributed by atoms with Crippen molar-refractivity contribution in [1.29, 1.82) is 0 Å². The lowest BCUT2D eigenvalue weighted by atomic mass is 9.77. The second-order valence-electron chi connectivity index (χ2n) is 3.86. The first kappa shape index (κ1) is 7.35. The van der Waals surface area contributed by atoms with Gasteiger partial charge in [0.05, 0.1) is 0 Å². The van der Waals surface area contributed by atoms with Gasteiger partial charge in [0.1, 0.15) is 0 Å². The number of fused-ring (bicyclic) bond motifs is 1. The van der Waals surface area contributed by atoms with Gasteiger partial charge in [-0.1, -0.05) is 12.2 Å². The third kappa shape index (κ3) is 1.34. The zero-order chi connectivity index (χ0) is 7.68. The summed E-state index contributed by atoms with van der Waals surface area (Å²) < 4.78 is 0. The van der Waals surface area contributed by atoms with Gasteiger partial charge in [0, 0.05) is 6.04 Å². The van der Waals surface area contributed by atoms with Crippen LogP contribution in [0.25, 0.3) is 0 Å². The van der Waals surface area contributed by atoms with Gasteiger partial charge < -0.3 is 5.32 Å². The van der Waals surface area contributed by atoms with E-state index in [0.29, 0.717) is 0 Å². The monoisotopic (exact) mass is 151 g/mol. The minimum Gasteiger partial charge on any atom is -0.313 e. The fraction of sp³-hybridized carbons (Fsp3) is 0.800. The van der Waals surface area contributed by atoms with Crippen molar-refractivity contribution in [3.8, 4) is 0 Å². The first-order valence-electron chi connectivity index (χ1n) is 4.79. The Hall–Kier alpha value is -0.300. The van der Waals surface area contributed by atoms with Crippen molar-refractivity contribution < 1.29 is 0 Å². The molecule has 0 radical (unpaired) electrons. The molecular weight excluding hydrogens is 134 g/mol. The summed E-state index contributed by atoms with van der Waals surface area (Å²) in [4.78, 5) is 0. The lowest BCUT2D eigenvalue weighted by Crippen LogP contribution is -2.43. The van der Waals surface area contributed by atoms with Crippen LogP contribution in [0.15, 0.2) is 12.2 Å². The predicted molar refractivity (Wildman–Crippen MR) is 47.5 cm³/mol. The van der Waals surface area contributed by atoms with Gasteiger partial charge in [-0.2, -0.15) is 0 Å². The van der Waals surface area contributed by atoms with Gasteiger partial charge in [-0.3, -0.25) is 0 Å². The van der Waals surface area contributed by atoms with Crippen molar-refractivity contribution >= 4 is 0 Å². The van der Waals surface area contributed by atoms with Crippen LogP contribution in [0.2, 0.25) is 0 Å². The van der Waals surface area contributed by atoms with E-state index in [-0.39, 0.29) is 0 Å². The van der Waals surface area contributed by atoms with Crippen LogP contribution < -0.4 is 5.32 Å². The van der Waals surface area contributed by atoms with Crippen LogP contribution in [-0.4, -0.2) is 12.6 Å². The average molecular weight is 151 g/mol. The van der Waals surface area contributed by atoms with Gasteiger partial charge in [0.15, 0.2) is 0 Å². The average Bonchev–Trinajstić information content (AvgIpc) is 2.06. The van der Waals surface area contributed by atoms with E-state index >= 15 is 0 Å².